The molecule has 0 amide bonds. The molecule has 0 bridgehead atoms. The van der Waals surface area contributed by atoms with E-state index in [9.17, 15) is 0 Å². The van der Waals surface area contributed by atoms with Gasteiger partial charge in [0.1, 0.15) is 18.0 Å². The molecule has 4 nitrogen and oxygen atoms in total. The Labute approximate surface area is 117 Å². The molecule has 4 heteroatoms. The number of anilines is 2. The van der Waals surface area contributed by atoms with Gasteiger partial charge in [-0.15, -0.1) is 0 Å². The molecule has 0 radical (unpaired) electrons. The first-order valence-electron chi connectivity index (χ1n) is 7.41. The van der Waals surface area contributed by atoms with Crippen LogP contribution in [0.15, 0.2) is 6.33 Å². The molecular formula is C15H28N4. The van der Waals surface area contributed by atoms with Crippen molar-refractivity contribution in [2.75, 3.05) is 23.7 Å². The molecule has 0 aliphatic heterocycles. The summed E-state index contributed by atoms with van der Waals surface area (Å²) >= 11 is 0. The fourth-order valence-electron chi connectivity index (χ4n) is 1.86. The molecule has 0 spiro atoms. The molecule has 0 saturated carbocycles. The van der Waals surface area contributed by atoms with Gasteiger partial charge in [0.25, 0.3) is 0 Å². The highest BCUT2D eigenvalue weighted by atomic mass is 15.1. The van der Waals surface area contributed by atoms with E-state index in [-0.39, 0.29) is 0 Å². The van der Waals surface area contributed by atoms with Gasteiger partial charge in [0.15, 0.2) is 0 Å². The van der Waals surface area contributed by atoms with Crippen LogP contribution in [-0.4, -0.2) is 23.1 Å². The van der Waals surface area contributed by atoms with Crippen LogP contribution in [0.5, 0.6) is 0 Å². The smallest absolute Gasteiger partial charge is 0.134 e. The maximum Gasteiger partial charge on any atom is 0.134 e. The number of hydrogen-bond donors (Lipinski definition) is 2. The summed E-state index contributed by atoms with van der Waals surface area (Å²) in [5.74, 6) is 3.27. The normalized spacial score (nSPS) is 12.5. The van der Waals surface area contributed by atoms with Crippen molar-refractivity contribution >= 4 is 11.6 Å². The SMILES string of the molecule is CCCc1c(NCC)ncnc1NCC(C)C(C)C. The lowest BCUT2D eigenvalue weighted by Gasteiger charge is -2.19. The van der Waals surface area contributed by atoms with Gasteiger partial charge in [0.2, 0.25) is 0 Å². The van der Waals surface area contributed by atoms with Crippen molar-refractivity contribution in [3.63, 3.8) is 0 Å². The first-order valence-corrected chi connectivity index (χ1v) is 7.41. The van der Waals surface area contributed by atoms with Gasteiger partial charge in [0, 0.05) is 18.7 Å². The third-order valence-corrected chi connectivity index (χ3v) is 3.52. The number of aromatic nitrogens is 2. The molecule has 108 valence electrons. The van der Waals surface area contributed by atoms with Crippen molar-refractivity contribution in [1.29, 1.82) is 0 Å². The quantitative estimate of drug-likeness (QED) is 0.753. The van der Waals surface area contributed by atoms with Crippen LogP contribution in [0.1, 0.15) is 46.6 Å². The van der Waals surface area contributed by atoms with Gasteiger partial charge in [-0.05, 0) is 25.2 Å². The Hall–Kier alpha value is -1.32. The topological polar surface area (TPSA) is 49.8 Å². The highest BCUT2D eigenvalue weighted by molar-refractivity contribution is 5.57. The second-order valence-electron chi connectivity index (χ2n) is 5.43. The molecule has 19 heavy (non-hydrogen) atoms. The minimum absolute atomic E-state index is 0.632. The average molecular weight is 264 g/mol. The van der Waals surface area contributed by atoms with Gasteiger partial charge in [-0.1, -0.05) is 34.1 Å². The number of rotatable bonds is 8. The third kappa shape index (κ3) is 4.69. The number of nitrogens with one attached hydrogen (secondary N) is 2. The van der Waals surface area contributed by atoms with Crippen LogP contribution in [0.4, 0.5) is 11.6 Å². The van der Waals surface area contributed by atoms with Crippen LogP contribution >= 0.6 is 0 Å². The maximum absolute atomic E-state index is 4.41. The van der Waals surface area contributed by atoms with Crippen LogP contribution in [0.3, 0.4) is 0 Å². The van der Waals surface area contributed by atoms with E-state index >= 15 is 0 Å². The minimum Gasteiger partial charge on any atom is -0.370 e. The van der Waals surface area contributed by atoms with Crippen LogP contribution in [0.25, 0.3) is 0 Å². The standard InChI is InChI=1S/C15H28N4/c1-6-8-13-14(16-7-2)18-10-19-15(13)17-9-12(5)11(3)4/h10-12H,6-9H2,1-5H3,(H2,16,17,18,19). The summed E-state index contributed by atoms with van der Waals surface area (Å²) in [6.07, 6.45) is 3.74. The molecule has 0 fully saturated rings. The van der Waals surface area contributed by atoms with E-state index in [0.29, 0.717) is 11.8 Å². The summed E-state index contributed by atoms with van der Waals surface area (Å²) in [4.78, 5) is 8.76. The summed E-state index contributed by atoms with van der Waals surface area (Å²) in [5, 5.41) is 6.81. The van der Waals surface area contributed by atoms with Crippen LogP contribution in [0, 0.1) is 11.8 Å². The molecule has 1 atom stereocenters. The monoisotopic (exact) mass is 264 g/mol. The van der Waals surface area contributed by atoms with E-state index in [0.717, 1.165) is 37.6 Å². The molecule has 0 aromatic carbocycles. The van der Waals surface area contributed by atoms with Gasteiger partial charge in [0.05, 0.1) is 0 Å². The van der Waals surface area contributed by atoms with E-state index in [1.807, 2.05) is 0 Å². The van der Waals surface area contributed by atoms with Crippen molar-refractivity contribution < 1.29 is 0 Å². The predicted octanol–water partition coefficient (Wildman–Crippen LogP) is 3.56. The molecule has 1 heterocycles. The largest absolute Gasteiger partial charge is 0.370 e. The Bertz CT molecular complexity index is 376. The second kappa shape index (κ2) is 7.97. The van der Waals surface area contributed by atoms with Gasteiger partial charge in [-0.3, -0.25) is 0 Å². The highest BCUT2D eigenvalue weighted by Crippen LogP contribution is 2.22. The summed E-state index contributed by atoms with van der Waals surface area (Å²) in [5.41, 5.74) is 1.21. The Balaban J connectivity index is 2.83. The van der Waals surface area contributed by atoms with Crippen LogP contribution in [-0.2, 0) is 6.42 Å². The van der Waals surface area contributed by atoms with E-state index in [1.54, 1.807) is 6.33 Å². The Morgan fingerprint density at radius 1 is 1.05 bits per heavy atom. The van der Waals surface area contributed by atoms with Crippen molar-refractivity contribution in [3.05, 3.63) is 11.9 Å². The van der Waals surface area contributed by atoms with Gasteiger partial charge < -0.3 is 10.6 Å². The highest BCUT2D eigenvalue weighted by Gasteiger charge is 2.12. The van der Waals surface area contributed by atoms with Crippen molar-refractivity contribution in [3.8, 4) is 0 Å². The van der Waals surface area contributed by atoms with Crippen molar-refractivity contribution in [1.82, 2.24) is 9.97 Å². The van der Waals surface area contributed by atoms with Gasteiger partial charge in [-0.25, -0.2) is 9.97 Å². The third-order valence-electron chi connectivity index (χ3n) is 3.52. The average Bonchev–Trinajstić information content (AvgIpc) is 2.39. The van der Waals surface area contributed by atoms with E-state index in [4.69, 9.17) is 0 Å². The molecule has 1 aromatic heterocycles. The zero-order chi connectivity index (χ0) is 14.3. The van der Waals surface area contributed by atoms with E-state index in [2.05, 4.69) is 55.2 Å². The fourth-order valence-corrected chi connectivity index (χ4v) is 1.86. The fraction of sp³-hybridized carbons (Fsp3) is 0.733. The molecular weight excluding hydrogens is 236 g/mol. The van der Waals surface area contributed by atoms with Crippen LogP contribution in [0.2, 0.25) is 0 Å². The Morgan fingerprint density at radius 2 is 1.68 bits per heavy atom. The van der Waals surface area contributed by atoms with Gasteiger partial charge >= 0.3 is 0 Å². The molecule has 0 aliphatic carbocycles. The van der Waals surface area contributed by atoms with Crippen molar-refractivity contribution in [2.45, 2.75) is 47.5 Å². The summed E-state index contributed by atoms with van der Waals surface area (Å²) in [6, 6.07) is 0. The molecule has 2 N–H and O–H groups in total. The lowest BCUT2D eigenvalue weighted by Crippen LogP contribution is -2.18. The first-order chi connectivity index (χ1) is 9.10. The number of hydrogen-bond acceptors (Lipinski definition) is 4. The molecule has 1 unspecified atom stereocenters. The van der Waals surface area contributed by atoms with Crippen molar-refractivity contribution in [2.24, 2.45) is 11.8 Å². The summed E-state index contributed by atoms with van der Waals surface area (Å²) in [7, 11) is 0. The minimum atomic E-state index is 0.632. The second-order valence-corrected chi connectivity index (χ2v) is 5.43. The molecule has 0 aliphatic rings. The molecule has 1 rings (SSSR count). The van der Waals surface area contributed by atoms with E-state index in [1.165, 1.54) is 5.56 Å². The first kappa shape index (κ1) is 15.7. The van der Waals surface area contributed by atoms with E-state index < -0.39 is 0 Å². The van der Waals surface area contributed by atoms with Crippen LogP contribution < -0.4 is 10.6 Å². The zero-order valence-corrected chi connectivity index (χ0v) is 13.0. The van der Waals surface area contributed by atoms with Gasteiger partial charge in [-0.2, -0.15) is 0 Å². The lowest BCUT2D eigenvalue weighted by molar-refractivity contribution is 0.439. The maximum atomic E-state index is 4.41. The summed E-state index contributed by atoms with van der Waals surface area (Å²) < 4.78 is 0. The number of nitrogens with zero attached hydrogens (tertiary/aromatic N) is 2. The lowest BCUT2D eigenvalue weighted by atomic mass is 9.98. The summed E-state index contributed by atoms with van der Waals surface area (Å²) in [6.45, 7) is 12.9. The molecule has 0 saturated heterocycles. The Kier molecular flexibility index (Phi) is 6.60. The molecule has 1 aromatic rings. The Morgan fingerprint density at radius 3 is 2.21 bits per heavy atom. The predicted molar refractivity (Wildman–Crippen MR) is 82.7 cm³/mol. The zero-order valence-electron chi connectivity index (χ0n) is 13.0.